The second-order valence-corrected chi connectivity index (χ2v) is 8.26. The van der Waals surface area contributed by atoms with Crippen LogP contribution in [-0.2, 0) is 22.6 Å². The van der Waals surface area contributed by atoms with Crippen molar-refractivity contribution < 1.29 is 24.5 Å². The fourth-order valence-corrected chi connectivity index (χ4v) is 3.88. The molecule has 3 rings (SSSR count). The zero-order chi connectivity index (χ0) is 23.3. The maximum atomic E-state index is 11.9. The lowest BCUT2D eigenvalue weighted by molar-refractivity contribution is -0.142. The van der Waals surface area contributed by atoms with Crippen LogP contribution in [0.5, 0.6) is 5.75 Å². The second-order valence-electron chi connectivity index (χ2n) is 8.26. The number of carboxylic acid groups (broad SMARTS) is 2. The standard InChI is InChI=1S/C24H29N3O5/c1-15(2)10-20(23(28)29)26-21(24(30)31)11-17-12-25-14-27(17)13-19-18-7-5-4-6-16(18)8-9-22(19)32-3/h4-9,12,14-15,20-21,26H,10-11,13H2,1-3H3,(H,28,29)(H,30,31)/t20?,21-/m0/s1. The Hall–Kier alpha value is -3.39. The van der Waals surface area contributed by atoms with E-state index in [9.17, 15) is 19.8 Å². The van der Waals surface area contributed by atoms with Crippen LogP contribution in [0.4, 0.5) is 0 Å². The van der Waals surface area contributed by atoms with E-state index in [2.05, 4.69) is 10.3 Å². The molecule has 3 N–H and O–H groups in total. The highest BCUT2D eigenvalue weighted by molar-refractivity contribution is 5.87. The Bertz CT molecular complexity index is 1090. The van der Waals surface area contributed by atoms with Gasteiger partial charge in [-0.25, -0.2) is 4.98 Å². The first-order chi connectivity index (χ1) is 15.3. The van der Waals surface area contributed by atoms with Crippen LogP contribution in [0.3, 0.4) is 0 Å². The van der Waals surface area contributed by atoms with Crippen LogP contribution in [0, 0.1) is 5.92 Å². The fraction of sp³-hybridized carbons (Fsp3) is 0.375. The molecule has 8 nitrogen and oxygen atoms in total. The Kier molecular flexibility index (Phi) is 7.48. The van der Waals surface area contributed by atoms with Gasteiger partial charge in [-0.3, -0.25) is 14.9 Å². The fourth-order valence-electron chi connectivity index (χ4n) is 3.88. The summed E-state index contributed by atoms with van der Waals surface area (Å²) in [5.41, 5.74) is 1.65. The summed E-state index contributed by atoms with van der Waals surface area (Å²) >= 11 is 0. The Morgan fingerprint density at radius 2 is 1.81 bits per heavy atom. The summed E-state index contributed by atoms with van der Waals surface area (Å²) in [6.07, 6.45) is 3.71. The first kappa shape index (κ1) is 23.3. The van der Waals surface area contributed by atoms with Crippen molar-refractivity contribution in [3.8, 4) is 5.75 Å². The molecule has 0 aliphatic heterocycles. The number of methoxy groups -OCH3 is 1. The van der Waals surface area contributed by atoms with Gasteiger partial charge in [0.25, 0.3) is 0 Å². The zero-order valence-corrected chi connectivity index (χ0v) is 18.5. The number of nitrogens with one attached hydrogen (secondary N) is 1. The maximum absolute atomic E-state index is 11.9. The number of rotatable bonds is 11. The van der Waals surface area contributed by atoms with Crippen molar-refractivity contribution in [1.29, 1.82) is 0 Å². The van der Waals surface area contributed by atoms with Gasteiger partial charge >= 0.3 is 11.9 Å². The van der Waals surface area contributed by atoms with Crippen molar-refractivity contribution in [2.24, 2.45) is 5.92 Å². The molecule has 0 aliphatic rings. The highest BCUT2D eigenvalue weighted by atomic mass is 16.5. The number of nitrogens with zero attached hydrogens (tertiary/aromatic N) is 2. The summed E-state index contributed by atoms with van der Waals surface area (Å²) < 4.78 is 7.45. The molecule has 0 radical (unpaired) electrons. The van der Waals surface area contributed by atoms with Crippen molar-refractivity contribution in [3.05, 3.63) is 60.2 Å². The lowest BCUT2D eigenvalue weighted by atomic mass is 10.0. The molecule has 0 saturated carbocycles. The third kappa shape index (κ3) is 5.45. The monoisotopic (exact) mass is 439 g/mol. The van der Waals surface area contributed by atoms with E-state index in [1.54, 1.807) is 19.6 Å². The van der Waals surface area contributed by atoms with E-state index >= 15 is 0 Å². The number of hydrogen-bond acceptors (Lipinski definition) is 5. The van der Waals surface area contributed by atoms with Gasteiger partial charge in [0.15, 0.2) is 0 Å². The van der Waals surface area contributed by atoms with Crippen LogP contribution in [0.1, 0.15) is 31.5 Å². The number of benzene rings is 2. The van der Waals surface area contributed by atoms with E-state index in [0.717, 1.165) is 22.1 Å². The molecule has 0 bridgehead atoms. The average Bonchev–Trinajstić information content (AvgIpc) is 3.19. The summed E-state index contributed by atoms with van der Waals surface area (Å²) in [4.78, 5) is 27.7. The number of carbonyl (C=O) groups is 2. The number of ether oxygens (including phenoxy) is 1. The lowest BCUT2D eigenvalue weighted by Crippen LogP contribution is -2.49. The van der Waals surface area contributed by atoms with E-state index in [4.69, 9.17) is 4.74 Å². The molecule has 3 aromatic rings. The predicted octanol–water partition coefficient (Wildman–Crippen LogP) is 3.18. The third-order valence-corrected chi connectivity index (χ3v) is 5.46. The highest BCUT2D eigenvalue weighted by Gasteiger charge is 2.27. The number of imidazole rings is 1. The molecule has 1 aromatic heterocycles. The molecule has 0 spiro atoms. The van der Waals surface area contributed by atoms with Gasteiger partial charge in [0, 0.05) is 23.9 Å². The van der Waals surface area contributed by atoms with Gasteiger partial charge in [0.2, 0.25) is 0 Å². The van der Waals surface area contributed by atoms with E-state index < -0.39 is 24.0 Å². The second kappa shape index (κ2) is 10.3. The van der Waals surface area contributed by atoms with Crippen LogP contribution in [0.15, 0.2) is 48.9 Å². The van der Waals surface area contributed by atoms with Gasteiger partial charge in [-0.15, -0.1) is 0 Å². The minimum Gasteiger partial charge on any atom is -0.496 e. The molecule has 0 aliphatic carbocycles. The van der Waals surface area contributed by atoms with Crippen molar-refractivity contribution in [2.75, 3.05) is 7.11 Å². The van der Waals surface area contributed by atoms with E-state index in [1.807, 2.05) is 54.8 Å². The quantitative estimate of drug-likeness (QED) is 0.420. The van der Waals surface area contributed by atoms with Crippen molar-refractivity contribution >= 4 is 22.7 Å². The molecule has 8 heteroatoms. The predicted molar refractivity (Wildman–Crippen MR) is 121 cm³/mol. The number of fused-ring (bicyclic) bond motifs is 1. The summed E-state index contributed by atoms with van der Waals surface area (Å²) in [5.74, 6) is -1.31. The summed E-state index contributed by atoms with van der Waals surface area (Å²) in [5, 5.41) is 24.2. The Balaban J connectivity index is 1.87. The van der Waals surface area contributed by atoms with Gasteiger partial charge in [-0.2, -0.15) is 0 Å². The first-order valence-electron chi connectivity index (χ1n) is 10.6. The van der Waals surface area contributed by atoms with E-state index in [-0.39, 0.29) is 12.3 Å². The van der Waals surface area contributed by atoms with Crippen molar-refractivity contribution in [3.63, 3.8) is 0 Å². The van der Waals surface area contributed by atoms with Crippen LogP contribution in [0.2, 0.25) is 0 Å². The molecule has 0 fully saturated rings. The molecule has 2 atom stereocenters. The van der Waals surface area contributed by atoms with Gasteiger partial charge in [-0.1, -0.05) is 44.2 Å². The smallest absolute Gasteiger partial charge is 0.321 e. The number of hydrogen-bond donors (Lipinski definition) is 3. The summed E-state index contributed by atoms with van der Waals surface area (Å²) in [7, 11) is 1.62. The number of aromatic nitrogens is 2. The zero-order valence-electron chi connectivity index (χ0n) is 18.5. The largest absolute Gasteiger partial charge is 0.496 e. The minimum atomic E-state index is -1.10. The average molecular weight is 440 g/mol. The number of carboxylic acids is 2. The molecule has 0 saturated heterocycles. The van der Waals surface area contributed by atoms with Crippen molar-refractivity contribution in [1.82, 2.24) is 14.9 Å². The van der Waals surface area contributed by atoms with E-state index in [1.165, 1.54) is 0 Å². The minimum absolute atomic E-state index is 0.101. The highest BCUT2D eigenvalue weighted by Crippen LogP contribution is 2.29. The molecule has 170 valence electrons. The molecule has 0 amide bonds. The maximum Gasteiger partial charge on any atom is 0.321 e. The van der Waals surface area contributed by atoms with Gasteiger partial charge < -0.3 is 19.5 Å². The summed E-state index contributed by atoms with van der Waals surface area (Å²) in [6, 6.07) is 9.90. The molecule has 1 unspecified atom stereocenters. The van der Waals surface area contributed by atoms with E-state index in [0.29, 0.717) is 18.7 Å². The van der Waals surface area contributed by atoms with Crippen molar-refractivity contribution in [2.45, 2.75) is 45.3 Å². The lowest BCUT2D eigenvalue weighted by Gasteiger charge is -2.22. The van der Waals surface area contributed by atoms with Crippen LogP contribution < -0.4 is 10.1 Å². The van der Waals surface area contributed by atoms with Crippen LogP contribution in [-0.4, -0.2) is 50.9 Å². The molecule has 2 aromatic carbocycles. The third-order valence-electron chi connectivity index (χ3n) is 5.46. The van der Waals surface area contributed by atoms with Gasteiger partial charge in [-0.05, 0) is 29.2 Å². The number of aliphatic carboxylic acids is 2. The van der Waals surface area contributed by atoms with Gasteiger partial charge in [0.05, 0.1) is 20.0 Å². The molecular weight excluding hydrogens is 410 g/mol. The van der Waals surface area contributed by atoms with Gasteiger partial charge in [0.1, 0.15) is 17.8 Å². The van der Waals surface area contributed by atoms with Crippen LogP contribution >= 0.6 is 0 Å². The molecule has 32 heavy (non-hydrogen) atoms. The Labute approximate surface area is 186 Å². The van der Waals surface area contributed by atoms with Crippen LogP contribution in [0.25, 0.3) is 10.8 Å². The summed E-state index contributed by atoms with van der Waals surface area (Å²) in [6.45, 7) is 4.25. The Morgan fingerprint density at radius 3 is 2.47 bits per heavy atom. The normalized spacial score (nSPS) is 13.2. The first-order valence-corrected chi connectivity index (χ1v) is 10.6. The SMILES string of the molecule is COc1ccc2ccccc2c1Cn1cncc1C[C@H](NC(CC(C)C)C(=O)O)C(=O)O. The molecule has 1 heterocycles. The molecular formula is C24H29N3O5. The Morgan fingerprint density at radius 1 is 1.09 bits per heavy atom. The topological polar surface area (TPSA) is 114 Å².